The van der Waals surface area contributed by atoms with Gasteiger partial charge >= 0.3 is 0 Å². The van der Waals surface area contributed by atoms with Crippen molar-refractivity contribution >= 4 is 24.0 Å². The lowest BCUT2D eigenvalue weighted by Gasteiger charge is -2.33. The average molecular weight is 443 g/mol. The summed E-state index contributed by atoms with van der Waals surface area (Å²) in [5.74, 6) is 2.75. The van der Waals surface area contributed by atoms with Gasteiger partial charge in [0.25, 0.3) is 0 Å². The van der Waals surface area contributed by atoms with Crippen molar-refractivity contribution in [3.05, 3.63) is 47.5 Å². The van der Waals surface area contributed by atoms with Gasteiger partial charge in [0.2, 0.25) is 12.7 Å². The Morgan fingerprint density at radius 3 is 2.52 bits per heavy atom. The van der Waals surface area contributed by atoms with E-state index in [2.05, 4.69) is 24.0 Å². The monoisotopic (exact) mass is 442 g/mol. The number of rotatable bonds is 3. The van der Waals surface area contributed by atoms with Crippen molar-refractivity contribution in [2.24, 2.45) is 5.92 Å². The minimum absolute atomic E-state index is 0. The van der Waals surface area contributed by atoms with E-state index >= 15 is 0 Å². The molecule has 1 fully saturated rings. The molecule has 2 aromatic rings. The number of carbonyl (C=O) groups is 1. The predicted octanol–water partition coefficient (Wildman–Crippen LogP) is 3.59. The minimum Gasteiger partial charge on any atom is -0.491 e. The molecule has 4 heterocycles. The van der Waals surface area contributed by atoms with Crippen LogP contribution in [0.3, 0.4) is 0 Å². The SMILES string of the molecule is CCN1CCC(CN2C(=O)C3(COc4cc5c(cc43)OCO5)c3ccccc32)CC1.Cl. The maximum Gasteiger partial charge on any atom is 0.245 e. The van der Waals surface area contributed by atoms with E-state index in [9.17, 15) is 4.79 Å². The molecular weight excluding hydrogens is 416 g/mol. The number of benzene rings is 2. The van der Waals surface area contributed by atoms with Gasteiger partial charge in [0.1, 0.15) is 17.8 Å². The fraction of sp³-hybridized carbons (Fsp3) is 0.458. The summed E-state index contributed by atoms with van der Waals surface area (Å²) in [4.78, 5) is 18.5. The Morgan fingerprint density at radius 1 is 1.00 bits per heavy atom. The maximum atomic E-state index is 14.0. The number of likely N-dealkylation sites (tertiary alicyclic amines) is 1. The topological polar surface area (TPSA) is 51.2 Å². The first-order valence-corrected chi connectivity index (χ1v) is 10.9. The fourth-order valence-corrected chi connectivity index (χ4v) is 5.49. The summed E-state index contributed by atoms with van der Waals surface area (Å²) < 4.78 is 17.2. The number of halogens is 1. The molecule has 2 aromatic carbocycles. The van der Waals surface area contributed by atoms with E-state index in [1.54, 1.807) is 0 Å². The summed E-state index contributed by atoms with van der Waals surface area (Å²) in [5, 5.41) is 0. The van der Waals surface area contributed by atoms with Crippen molar-refractivity contribution in [2.45, 2.75) is 25.2 Å². The quantitative estimate of drug-likeness (QED) is 0.727. The van der Waals surface area contributed by atoms with Gasteiger partial charge in [-0.15, -0.1) is 12.4 Å². The highest BCUT2D eigenvalue weighted by Gasteiger charge is 2.57. The van der Waals surface area contributed by atoms with Gasteiger partial charge in [-0.2, -0.15) is 0 Å². The first kappa shape index (κ1) is 20.5. The van der Waals surface area contributed by atoms with E-state index in [0.29, 0.717) is 24.0 Å². The first-order valence-electron chi connectivity index (χ1n) is 10.9. The van der Waals surface area contributed by atoms with E-state index in [0.717, 1.165) is 61.6 Å². The van der Waals surface area contributed by atoms with Gasteiger partial charge in [-0.3, -0.25) is 4.79 Å². The van der Waals surface area contributed by atoms with Crippen LogP contribution in [-0.4, -0.2) is 50.4 Å². The fourth-order valence-electron chi connectivity index (χ4n) is 5.49. The first-order chi connectivity index (χ1) is 14.7. The second-order valence-corrected chi connectivity index (χ2v) is 8.71. The van der Waals surface area contributed by atoms with Crippen molar-refractivity contribution in [1.29, 1.82) is 0 Å². The van der Waals surface area contributed by atoms with Gasteiger partial charge in [-0.05, 0) is 56.1 Å². The molecule has 4 aliphatic heterocycles. The molecule has 4 aliphatic rings. The number of nitrogens with zero attached hydrogens (tertiary/aromatic N) is 2. The molecule has 6 rings (SSSR count). The number of para-hydroxylation sites is 1. The van der Waals surface area contributed by atoms with E-state index in [1.807, 2.05) is 29.2 Å². The number of carbonyl (C=O) groups excluding carboxylic acids is 1. The Balaban J connectivity index is 0.00000204. The van der Waals surface area contributed by atoms with Gasteiger partial charge in [-0.1, -0.05) is 25.1 Å². The van der Waals surface area contributed by atoms with Crippen LogP contribution in [0.15, 0.2) is 36.4 Å². The molecule has 7 heteroatoms. The van der Waals surface area contributed by atoms with Crippen LogP contribution in [0.1, 0.15) is 30.9 Å². The molecule has 0 radical (unpaired) electrons. The van der Waals surface area contributed by atoms with Crippen LogP contribution in [0.4, 0.5) is 5.69 Å². The third-order valence-electron chi connectivity index (χ3n) is 7.24. The minimum atomic E-state index is -0.795. The molecule has 1 atom stereocenters. The lowest BCUT2D eigenvalue weighted by molar-refractivity contribution is -0.122. The second-order valence-electron chi connectivity index (χ2n) is 8.71. The number of hydrogen-bond donors (Lipinski definition) is 0. The molecule has 0 saturated carbocycles. The molecule has 0 aromatic heterocycles. The van der Waals surface area contributed by atoms with Crippen LogP contribution in [0.25, 0.3) is 0 Å². The molecule has 1 saturated heterocycles. The number of fused-ring (bicyclic) bond motifs is 5. The molecule has 1 amide bonds. The van der Waals surface area contributed by atoms with E-state index in [1.165, 1.54) is 0 Å². The highest BCUT2D eigenvalue weighted by Crippen LogP contribution is 2.55. The molecule has 0 bridgehead atoms. The van der Waals surface area contributed by atoms with Gasteiger partial charge < -0.3 is 24.0 Å². The van der Waals surface area contributed by atoms with Crippen LogP contribution >= 0.6 is 12.4 Å². The van der Waals surface area contributed by atoms with Crippen molar-refractivity contribution in [3.63, 3.8) is 0 Å². The zero-order valence-corrected chi connectivity index (χ0v) is 18.5. The van der Waals surface area contributed by atoms with Gasteiger partial charge in [0, 0.05) is 23.9 Å². The summed E-state index contributed by atoms with van der Waals surface area (Å²) in [6.07, 6.45) is 2.27. The summed E-state index contributed by atoms with van der Waals surface area (Å²) in [7, 11) is 0. The van der Waals surface area contributed by atoms with Crippen molar-refractivity contribution in [1.82, 2.24) is 4.90 Å². The van der Waals surface area contributed by atoms with Crippen molar-refractivity contribution in [3.8, 4) is 17.2 Å². The lowest BCUT2D eigenvalue weighted by atomic mass is 9.77. The summed E-state index contributed by atoms with van der Waals surface area (Å²) in [6, 6.07) is 12.0. The molecule has 0 aliphatic carbocycles. The molecule has 6 nitrogen and oxygen atoms in total. The summed E-state index contributed by atoms with van der Waals surface area (Å²) in [6.45, 7) is 6.86. The normalized spacial score (nSPS) is 24.2. The van der Waals surface area contributed by atoms with Crippen LogP contribution < -0.4 is 19.1 Å². The number of anilines is 1. The molecular formula is C24H27ClN2O4. The van der Waals surface area contributed by atoms with Crippen LogP contribution in [0.2, 0.25) is 0 Å². The van der Waals surface area contributed by atoms with E-state index in [4.69, 9.17) is 14.2 Å². The number of ether oxygens (including phenoxy) is 3. The summed E-state index contributed by atoms with van der Waals surface area (Å²) >= 11 is 0. The molecule has 164 valence electrons. The third kappa shape index (κ3) is 2.92. The number of piperidine rings is 1. The third-order valence-corrected chi connectivity index (χ3v) is 7.24. The zero-order chi connectivity index (χ0) is 20.3. The Labute approximate surface area is 188 Å². The van der Waals surface area contributed by atoms with Crippen LogP contribution in [0, 0.1) is 5.92 Å². The van der Waals surface area contributed by atoms with Gasteiger partial charge in [-0.25, -0.2) is 0 Å². The Kier molecular flexibility index (Phi) is 5.02. The number of amides is 1. The highest BCUT2D eigenvalue weighted by atomic mass is 35.5. The largest absolute Gasteiger partial charge is 0.491 e. The average Bonchev–Trinajstić information content (AvgIpc) is 3.46. The Hall–Kier alpha value is -2.44. The smallest absolute Gasteiger partial charge is 0.245 e. The lowest BCUT2D eigenvalue weighted by Crippen LogP contribution is -2.45. The molecule has 31 heavy (non-hydrogen) atoms. The maximum absolute atomic E-state index is 14.0. The Bertz CT molecular complexity index is 1020. The van der Waals surface area contributed by atoms with Crippen LogP contribution in [0.5, 0.6) is 17.2 Å². The number of hydrogen-bond acceptors (Lipinski definition) is 5. The van der Waals surface area contributed by atoms with Crippen molar-refractivity contribution < 1.29 is 19.0 Å². The van der Waals surface area contributed by atoms with Crippen molar-refractivity contribution in [2.75, 3.05) is 44.5 Å². The molecule has 1 unspecified atom stereocenters. The second kappa shape index (κ2) is 7.61. The van der Waals surface area contributed by atoms with Gasteiger partial charge in [0.15, 0.2) is 11.5 Å². The predicted molar refractivity (Wildman–Crippen MR) is 120 cm³/mol. The summed E-state index contributed by atoms with van der Waals surface area (Å²) in [5.41, 5.74) is 2.16. The van der Waals surface area contributed by atoms with E-state index < -0.39 is 5.41 Å². The van der Waals surface area contributed by atoms with E-state index in [-0.39, 0.29) is 25.1 Å². The standard InChI is InChI=1S/C24H26N2O4.ClH/c1-2-25-9-7-16(8-10-25)13-26-19-6-4-3-5-17(19)24(23(26)27)14-28-20-12-22-21(11-18(20)24)29-15-30-22;/h3-6,11-12,16H,2,7-10,13-15H2,1H3;1H. The molecule has 1 spiro atoms. The zero-order valence-electron chi connectivity index (χ0n) is 17.6. The van der Waals surface area contributed by atoms with Gasteiger partial charge in [0.05, 0.1) is 0 Å². The molecule has 0 N–H and O–H groups in total. The van der Waals surface area contributed by atoms with Crippen LogP contribution in [-0.2, 0) is 10.2 Å². The Morgan fingerprint density at radius 2 is 1.74 bits per heavy atom. The highest BCUT2D eigenvalue weighted by molar-refractivity contribution is 6.11.